The predicted molar refractivity (Wildman–Crippen MR) is 73.0 cm³/mol. The van der Waals surface area contributed by atoms with Gasteiger partial charge in [0.1, 0.15) is 0 Å². The molecule has 0 heterocycles. The lowest BCUT2D eigenvalue weighted by Gasteiger charge is -2.27. The first kappa shape index (κ1) is 15.4. The second-order valence-electron chi connectivity index (χ2n) is 4.42. The van der Waals surface area contributed by atoms with E-state index >= 15 is 0 Å². The molecule has 0 aromatic rings. The average Bonchev–Trinajstić information content (AvgIpc) is 2.28. The fourth-order valence-electron chi connectivity index (χ4n) is 2.01. The monoisotopic (exact) mass is 327 g/mol. The van der Waals surface area contributed by atoms with Gasteiger partial charge in [-0.25, -0.2) is 13.1 Å². The number of sulfonamides is 1. The third-order valence-corrected chi connectivity index (χ3v) is 5.60. The van der Waals surface area contributed by atoms with Crippen molar-refractivity contribution in [2.24, 2.45) is 5.92 Å². The summed E-state index contributed by atoms with van der Waals surface area (Å²) >= 11 is 3.63. The van der Waals surface area contributed by atoms with E-state index in [0.29, 0.717) is 23.9 Å². The molecule has 0 aromatic heterocycles. The van der Waals surface area contributed by atoms with Crippen LogP contribution in [-0.4, -0.2) is 38.8 Å². The lowest BCUT2D eigenvalue weighted by atomic mass is 9.89. The minimum atomic E-state index is -3.17. The molecule has 0 bridgehead atoms. The van der Waals surface area contributed by atoms with E-state index in [1.807, 2.05) is 6.92 Å². The van der Waals surface area contributed by atoms with Crippen molar-refractivity contribution in [3.63, 3.8) is 0 Å². The van der Waals surface area contributed by atoms with E-state index < -0.39 is 10.0 Å². The minimum Gasteiger partial charge on any atom is -0.381 e. The number of ether oxygens (including phenoxy) is 1. The molecule has 0 amide bonds. The van der Waals surface area contributed by atoms with Crippen LogP contribution in [0.3, 0.4) is 0 Å². The van der Waals surface area contributed by atoms with Crippen molar-refractivity contribution < 1.29 is 13.2 Å². The number of nitrogens with one attached hydrogen (secondary N) is 1. The Morgan fingerprint density at radius 3 is 2.71 bits per heavy atom. The molecular weight excluding hydrogens is 306 g/mol. The molecule has 0 spiro atoms. The van der Waals surface area contributed by atoms with Crippen LogP contribution in [0.1, 0.15) is 32.6 Å². The smallest absolute Gasteiger partial charge is 0.213 e. The summed E-state index contributed by atoms with van der Waals surface area (Å²) in [6, 6.07) is 0. The van der Waals surface area contributed by atoms with E-state index in [1.54, 1.807) is 0 Å². The van der Waals surface area contributed by atoms with Gasteiger partial charge in [-0.3, -0.25) is 0 Å². The highest BCUT2D eigenvalue weighted by atomic mass is 79.9. The maximum atomic E-state index is 11.6. The van der Waals surface area contributed by atoms with Gasteiger partial charge in [-0.15, -0.1) is 0 Å². The van der Waals surface area contributed by atoms with Crippen LogP contribution in [0.2, 0.25) is 0 Å². The molecule has 1 rings (SSSR count). The average molecular weight is 328 g/mol. The largest absolute Gasteiger partial charge is 0.381 e. The summed E-state index contributed by atoms with van der Waals surface area (Å²) < 4.78 is 31.0. The highest BCUT2D eigenvalue weighted by Crippen LogP contribution is 2.29. The second-order valence-corrected chi connectivity index (χ2v) is 7.53. The van der Waals surface area contributed by atoms with Crippen molar-refractivity contribution in [1.82, 2.24) is 4.72 Å². The molecule has 0 radical (unpaired) electrons. The van der Waals surface area contributed by atoms with Gasteiger partial charge in [-0.05, 0) is 25.7 Å². The fraction of sp³-hybridized carbons (Fsp3) is 1.00. The first-order valence-corrected chi connectivity index (χ1v) is 8.81. The molecule has 102 valence electrons. The van der Waals surface area contributed by atoms with Gasteiger partial charge in [0, 0.05) is 18.0 Å². The molecule has 2 atom stereocenters. The summed E-state index contributed by atoms with van der Waals surface area (Å²) in [6.45, 7) is 3.23. The van der Waals surface area contributed by atoms with Gasteiger partial charge in [-0.1, -0.05) is 28.8 Å². The van der Waals surface area contributed by atoms with Gasteiger partial charge >= 0.3 is 0 Å². The Morgan fingerprint density at radius 2 is 2.06 bits per heavy atom. The van der Waals surface area contributed by atoms with Crippen LogP contribution in [0.4, 0.5) is 0 Å². The zero-order valence-corrected chi connectivity index (χ0v) is 12.7. The maximum absolute atomic E-state index is 11.6. The van der Waals surface area contributed by atoms with Crippen LogP contribution in [0.15, 0.2) is 0 Å². The lowest BCUT2D eigenvalue weighted by molar-refractivity contribution is 0.163. The summed E-state index contributed by atoms with van der Waals surface area (Å²) in [5.41, 5.74) is 0. The molecule has 0 saturated heterocycles. The van der Waals surface area contributed by atoms with Gasteiger partial charge in [0.05, 0.1) is 12.4 Å². The molecule has 4 nitrogen and oxygen atoms in total. The standard InChI is InChI=1S/C11H22BrNO3S/c1-2-16-7-8-17(14,15)13-9-10-5-3-4-6-11(10)12/h10-11,13H,2-9H2,1H3. The number of hydrogen-bond acceptors (Lipinski definition) is 3. The maximum Gasteiger partial charge on any atom is 0.213 e. The van der Waals surface area contributed by atoms with Crippen LogP contribution in [0, 0.1) is 5.92 Å². The second kappa shape index (κ2) is 7.71. The Morgan fingerprint density at radius 1 is 1.35 bits per heavy atom. The van der Waals surface area contributed by atoms with Gasteiger partial charge in [0.25, 0.3) is 0 Å². The molecule has 1 aliphatic carbocycles. The van der Waals surface area contributed by atoms with Crippen molar-refractivity contribution >= 4 is 26.0 Å². The Labute approximate surface area is 113 Å². The van der Waals surface area contributed by atoms with Gasteiger partial charge in [0.2, 0.25) is 10.0 Å². The van der Waals surface area contributed by atoms with Crippen molar-refractivity contribution in [2.45, 2.75) is 37.4 Å². The normalized spacial score (nSPS) is 26.0. The quantitative estimate of drug-likeness (QED) is 0.574. The third kappa shape index (κ3) is 6.18. The Hall–Kier alpha value is 0.350. The van der Waals surface area contributed by atoms with Crippen LogP contribution < -0.4 is 4.72 Å². The highest BCUT2D eigenvalue weighted by Gasteiger charge is 2.24. The van der Waals surface area contributed by atoms with E-state index in [9.17, 15) is 8.42 Å². The van der Waals surface area contributed by atoms with E-state index in [0.717, 1.165) is 12.8 Å². The Balaban J connectivity index is 2.28. The van der Waals surface area contributed by atoms with E-state index in [2.05, 4.69) is 20.7 Å². The summed E-state index contributed by atoms with van der Waals surface area (Å²) in [5, 5.41) is 0. The molecule has 1 fully saturated rings. The Kier molecular flexibility index (Phi) is 6.99. The van der Waals surface area contributed by atoms with Crippen LogP contribution in [0.25, 0.3) is 0 Å². The molecule has 17 heavy (non-hydrogen) atoms. The lowest BCUT2D eigenvalue weighted by Crippen LogP contribution is -2.36. The first-order valence-electron chi connectivity index (χ1n) is 6.24. The van der Waals surface area contributed by atoms with Crippen molar-refractivity contribution in [1.29, 1.82) is 0 Å². The minimum absolute atomic E-state index is 0.0561. The Bertz CT molecular complexity index is 308. The summed E-state index contributed by atoms with van der Waals surface area (Å²) in [5.74, 6) is 0.478. The molecule has 1 saturated carbocycles. The molecule has 6 heteroatoms. The van der Waals surface area contributed by atoms with Gasteiger partial charge in [-0.2, -0.15) is 0 Å². The molecule has 1 N–H and O–H groups in total. The molecule has 0 aromatic carbocycles. The number of halogens is 1. The van der Waals surface area contributed by atoms with E-state index in [-0.39, 0.29) is 12.4 Å². The summed E-state index contributed by atoms with van der Waals surface area (Å²) in [6.07, 6.45) is 4.69. The van der Waals surface area contributed by atoms with Crippen LogP contribution in [0.5, 0.6) is 0 Å². The van der Waals surface area contributed by atoms with Crippen molar-refractivity contribution in [2.75, 3.05) is 25.5 Å². The predicted octanol–water partition coefficient (Wildman–Crippen LogP) is 1.90. The molecule has 2 unspecified atom stereocenters. The van der Waals surface area contributed by atoms with Gasteiger partial charge in [0.15, 0.2) is 0 Å². The first-order chi connectivity index (χ1) is 8.05. The molecule has 0 aliphatic heterocycles. The fourth-order valence-corrected chi connectivity index (χ4v) is 3.74. The highest BCUT2D eigenvalue weighted by molar-refractivity contribution is 9.09. The zero-order valence-electron chi connectivity index (χ0n) is 10.3. The topological polar surface area (TPSA) is 55.4 Å². The zero-order chi connectivity index (χ0) is 12.7. The van der Waals surface area contributed by atoms with Crippen LogP contribution in [-0.2, 0) is 14.8 Å². The third-order valence-electron chi connectivity index (χ3n) is 3.08. The number of rotatable bonds is 7. The van der Waals surface area contributed by atoms with E-state index in [1.165, 1.54) is 12.8 Å². The summed E-state index contributed by atoms with van der Waals surface area (Å²) in [7, 11) is -3.17. The number of hydrogen-bond donors (Lipinski definition) is 1. The van der Waals surface area contributed by atoms with Crippen LogP contribution >= 0.6 is 15.9 Å². The summed E-state index contributed by atoms with van der Waals surface area (Å²) in [4.78, 5) is 0.450. The molecule has 1 aliphatic rings. The van der Waals surface area contributed by atoms with Gasteiger partial charge < -0.3 is 4.74 Å². The van der Waals surface area contributed by atoms with Crippen molar-refractivity contribution in [3.8, 4) is 0 Å². The van der Waals surface area contributed by atoms with Crippen molar-refractivity contribution in [3.05, 3.63) is 0 Å². The SMILES string of the molecule is CCOCCS(=O)(=O)NCC1CCCCC1Br. The van der Waals surface area contributed by atoms with E-state index in [4.69, 9.17) is 4.74 Å². The molecular formula is C11H22BrNO3S. The number of alkyl halides is 1.